The molecule has 4 rings (SSSR count). The lowest BCUT2D eigenvalue weighted by atomic mass is 9.43. The third-order valence-corrected chi connectivity index (χ3v) is 10.6. The van der Waals surface area contributed by atoms with Gasteiger partial charge >= 0.3 is 5.97 Å². The van der Waals surface area contributed by atoms with Crippen molar-refractivity contribution in [2.45, 2.75) is 97.7 Å². The third-order valence-electron chi connectivity index (χ3n) is 10.6. The van der Waals surface area contributed by atoms with Gasteiger partial charge in [-0.15, -0.1) is 0 Å². The van der Waals surface area contributed by atoms with Crippen LogP contribution in [0.3, 0.4) is 0 Å². The molecule has 0 saturated heterocycles. The molecule has 0 radical (unpaired) electrons. The molecule has 11 atom stereocenters. The molecular formula is C25H42O4. The summed E-state index contributed by atoms with van der Waals surface area (Å²) in [6.45, 7) is 9.02. The van der Waals surface area contributed by atoms with Crippen molar-refractivity contribution >= 4 is 5.97 Å². The van der Waals surface area contributed by atoms with Crippen LogP contribution in [-0.4, -0.2) is 33.5 Å². The van der Waals surface area contributed by atoms with Crippen LogP contribution in [-0.2, 0) is 4.79 Å². The van der Waals surface area contributed by atoms with E-state index in [2.05, 4.69) is 20.8 Å². The van der Waals surface area contributed by atoms with Gasteiger partial charge in [-0.2, -0.15) is 0 Å². The van der Waals surface area contributed by atoms with E-state index in [1.54, 1.807) is 0 Å². The number of aliphatic hydroxyl groups excluding tert-OH is 2. The maximum absolute atomic E-state index is 11.4. The first-order valence-corrected chi connectivity index (χ1v) is 12.2. The first-order valence-electron chi connectivity index (χ1n) is 12.2. The van der Waals surface area contributed by atoms with Gasteiger partial charge in [0.1, 0.15) is 0 Å². The van der Waals surface area contributed by atoms with Gasteiger partial charge in [-0.05, 0) is 104 Å². The van der Waals surface area contributed by atoms with Gasteiger partial charge in [0, 0.05) is 0 Å². The van der Waals surface area contributed by atoms with E-state index in [-0.39, 0.29) is 29.0 Å². The molecular weight excluding hydrogens is 364 g/mol. The predicted molar refractivity (Wildman–Crippen MR) is 113 cm³/mol. The second kappa shape index (κ2) is 7.51. The minimum atomic E-state index is -0.679. The van der Waals surface area contributed by atoms with Gasteiger partial charge in [0.2, 0.25) is 0 Å². The molecule has 4 fully saturated rings. The highest BCUT2D eigenvalue weighted by Gasteiger charge is 2.62. The standard InChI is InChI=1S/C25H42O4/c1-14(11-15(2)23(28)29)18-5-6-19-22-20(8-10-25(18,19)4)24(3)9-7-17(26)12-16(24)13-21(22)27/h14-22,26-27H,5-13H2,1-4H3,(H,28,29)/t14?,15-,16-,17+,18?,19?,20?,21+,22?,24-,25+/m0/s1. The summed E-state index contributed by atoms with van der Waals surface area (Å²) in [5.41, 5.74) is 0.503. The average molecular weight is 407 g/mol. The largest absolute Gasteiger partial charge is 0.481 e. The Labute approximate surface area is 176 Å². The molecule has 0 spiro atoms. The van der Waals surface area contributed by atoms with Crippen LogP contribution in [0.25, 0.3) is 0 Å². The number of hydrogen-bond acceptors (Lipinski definition) is 3. The highest BCUT2D eigenvalue weighted by Crippen LogP contribution is 2.68. The van der Waals surface area contributed by atoms with Gasteiger partial charge in [-0.1, -0.05) is 27.7 Å². The van der Waals surface area contributed by atoms with Crippen LogP contribution in [0.4, 0.5) is 0 Å². The number of fused-ring (bicyclic) bond motifs is 5. The first kappa shape index (κ1) is 21.6. The van der Waals surface area contributed by atoms with E-state index in [1.807, 2.05) is 6.92 Å². The maximum atomic E-state index is 11.4. The number of carboxylic acids is 1. The molecule has 166 valence electrons. The van der Waals surface area contributed by atoms with Crippen LogP contribution in [0.2, 0.25) is 0 Å². The van der Waals surface area contributed by atoms with E-state index in [9.17, 15) is 20.1 Å². The minimum Gasteiger partial charge on any atom is -0.481 e. The molecule has 4 aliphatic rings. The molecule has 29 heavy (non-hydrogen) atoms. The van der Waals surface area contributed by atoms with E-state index in [1.165, 1.54) is 25.7 Å². The fourth-order valence-electron chi connectivity index (χ4n) is 9.00. The highest BCUT2D eigenvalue weighted by atomic mass is 16.4. The van der Waals surface area contributed by atoms with Crippen molar-refractivity contribution in [3.8, 4) is 0 Å². The summed E-state index contributed by atoms with van der Waals surface area (Å²) in [6, 6.07) is 0. The molecule has 0 amide bonds. The Hall–Kier alpha value is -0.610. The lowest BCUT2D eigenvalue weighted by Crippen LogP contribution is -2.58. The Morgan fingerprint density at radius 1 is 0.966 bits per heavy atom. The Morgan fingerprint density at radius 3 is 2.31 bits per heavy atom. The van der Waals surface area contributed by atoms with E-state index in [0.29, 0.717) is 35.5 Å². The summed E-state index contributed by atoms with van der Waals surface area (Å²) >= 11 is 0. The topological polar surface area (TPSA) is 77.8 Å². The van der Waals surface area contributed by atoms with E-state index in [4.69, 9.17) is 0 Å². The fourth-order valence-corrected chi connectivity index (χ4v) is 9.00. The highest BCUT2D eigenvalue weighted by molar-refractivity contribution is 5.69. The maximum Gasteiger partial charge on any atom is 0.306 e. The second-order valence-electron chi connectivity index (χ2n) is 11.9. The van der Waals surface area contributed by atoms with Gasteiger partial charge in [0.15, 0.2) is 0 Å². The van der Waals surface area contributed by atoms with Crippen molar-refractivity contribution in [1.29, 1.82) is 0 Å². The predicted octanol–water partition coefficient (Wildman–Crippen LogP) is 4.72. The lowest BCUT2D eigenvalue weighted by Gasteiger charge is -2.62. The lowest BCUT2D eigenvalue weighted by molar-refractivity contribution is -0.174. The molecule has 0 aromatic heterocycles. The summed E-state index contributed by atoms with van der Waals surface area (Å²) in [6.07, 6.45) is 8.87. The molecule has 0 aromatic carbocycles. The van der Waals surface area contributed by atoms with Crippen molar-refractivity contribution in [1.82, 2.24) is 0 Å². The molecule has 4 aliphatic carbocycles. The Kier molecular flexibility index (Phi) is 5.60. The number of rotatable bonds is 4. The van der Waals surface area contributed by atoms with Gasteiger partial charge < -0.3 is 15.3 Å². The zero-order valence-corrected chi connectivity index (χ0v) is 18.8. The van der Waals surface area contributed by atoms with Gasteiger partial charge in [-0.3, -0.25) is 4.79 Å². The van der Waals surface area contributed by atoms with Crippen LogP contribution >= 0.6 is 0 Å². The number of carboxylic acid groups (broad SMARTS) is 1. The fraction of sp³-hybridized carbons (Fsp3) is 0.960. The number of aliphatic hydroxyl groups is 2. The zero-order chi connectivity index (χ0) is 21.1. The molecule has 0 heterocycles. The van der Waals surface area contributed by atoms with Crippen LogP contribution in [0.15, 0.2) is 0 Å². The monoisotopic (exact) mass is 406 g/mol. The van der Waals surface area contributed by atoms with E-state index < -0.39 is 5.97 Å². The van der Waals surface area contributed by atoms with Gasteiger partial charge in [0.05, 0.1) is 18.1 Å². The van der Waals surface area contributed by atoms with Crippen LogP contribution in [0, 0.1) is 52.3 Å². The van der Waals surface area contributed by atoms with Crippen LogP contribution < -0.4 is 0 Å². The summed E-state index contributed by atoms with van der Waals surface area (Å²) in [7, 11) is 0. The van der Waals surface area contributed by atoms with Crippen molar-refractivity contribution in [3.63, 3.8) is 0 Å². The summed E-state index contributed by atoms with van der Waals surface area (Å²) in [5, 5.41) is 30.9. The second-order valence-corrected chi connectivity index (χ2v) is 11.9. The normalized spacial score (nSPS) is 51.4. The zero-order valence-electron chi connectivity index (χ0n) is 18.8. The third kappa shape index (κ3) is 3.37. The first-order chi connectivity index (χ1) is 13.6. The SMILES string of the molecule is CC(C[C@H](C)C(=O)O)C1CCC2C3C(CC[C@]12C)[C@@]1(C)CC[C@@H](O)C[C@H]1C[C@H]3O. The van der Waals surface area contributed by atoms with E-state index in [0.717, 1.165) is 32.1 Å². The Bertz CT molecular complexity index is 634. The number of carbonyl (C=O) groups is 1. The molecule has 0 bridgehead atoms. The van der Waals surface area contributed by atoms with Crippen molar-refractivity contribution < 1.29 is 20.1 Å². The summed E-state index contributed by atoms with van der Waals surface area (Å²) in [4.78, 5) is 11.4. The quantitative estimate of drug-likeness (QED) is 0.631. The van der Waals surface area contributed by atoms with E-state index >= 15 is 0 Å². The smallest absolute Gasteiger partial charge is 0.306 e. The number of aliphatic carboxylic acids is 1. The van der Waals surface area contributed by atoms with Crippen molar-refractivity contribution in [3.05, 3.63) is 0 Å². The molecule has 3 N–H and O–H groups in total. The van der Waals surface area contributed by atoms with Crippen molar-refractivity contribution in [2.75, 3.05) is 0 Å². The minimum absolute atomic E-state index is 0.182. The summed E-state index contributed by atoms with van der Waals surface area (Å²) in [5.74, 6) is 2.02. The van der Waals surface area contributed by atoms with Gasteiger partial charge in [0.25, 0.3) is 0 Å². The Morgan fingerprint density at radius 2 is 1.62 bits per heavy atom. The molecule has 0 aromatic rings. The number of hydrogen-bond donors (Lipinski definition) is 3. The van der Waals surface area contributed by atoms with Crippen LogP contribution in [0.5, 0.6) is 0 Å². The average Bonchev–Trinajstić information content (AvgIpc) is 3.00. The van der Waals surface area contributed by atoms with Gasteiger partial charge in [-0.25, -0.2) is 0 Å². The molecule has 4 nitrogen and oxygen atoms in total. The molecule has 5 unspecified atom stereocenters. The van der Waals surface area contributed by atoms with Crippen LogP contribution in [0.1, 0.15) is 85.5 Å². The van der Waals surface area contributed by atoms with Crippen molar-refractivity contribution in [2.24, 2.45) is 52.3 Å². The molecule has 0 aliphatic heterocycles. The molecule has 4 heteroatoms. The Balaban J connectivity index is 1.56. The molecule has 4 saturated carbocycles. The summed E-state index contributed by atoms with van der Waals surface area (Å²) < 4.78 is 0.